The lowest BCUT2D eigenvalue weighted by Gasteiger charge is -2.26. The number of hydrogen-bond acceptors (Lipinski definition) is 1. The summed E-state index contributed by atoms with van der Waals surface area (Å²) < 4.78 is 32.7. The molecule has 0 aliphatic carbocycles. The van der Waals surface area contributed by atoms with Gasteiger partial charge in [-0.25, -0.2) is 8.78 Å². The predicted molar refractivity (Wildman–Crippen MR) is 52.9 cm³/mol. The molecule has 1 aliphatic heterocycles. The first-order valence-corrected chi connectivity index (χ1v) is 5.11. The summed E-state index contributed by atoms with van der Waals surface area (Å²) in [6.07, 6.45) is -0.241. The third-order valence-electron chi connectivity index (χ3n) is 2.33. The van der Waals surface area contributed by atoms with Gasteiger partial charge in [0.15, 0.2) is 0 Å². The number of aryl methyl sites for hydroxylation is 1. The lowest BCUT2D eigenvalue weighted by molar-refractivity contribution is -0.0405. The van der Waals surface area contributed by atoms with Crippen molar-refractivity contribution >= 4 is 15.9 Å². The second-order valence-electron chi connectivity index (χ2n) is 3.40. The van der Waals surface area contributed by atoms with E-state index >= 15 is 0 Å². The van der Waals surface area contributed by atoms with Crippen molar-refractivity contribution in [3.8, 4) is 5.75 Å². The fourth-order valence-corrected chi connectivity index (χ4v) is 1.83. The van der Waals surface area contributed by atoms with Crippen LogP contribution in [0.1, 0.15) is 17.5 Å². The largest absolute Gasteiger partial charge is 0.493 e. The molecule has 14 heavy (non-hydrogen) atoms. The zero-order valence-corrected chi connectivity index (χ0v) is 9.20. The van der Waals surface area contributed by atoms with Crippen molar-refractivity contribution in [1.82, 2.24) is 0 Å². The Bertz CT molecular complexity index is 377. The van der Waals surface area contributed by atoms with E-state index < -0.39 is 5.92 Å². The first-order valence-electron chi connectivity index (χ1n) is 4.32. The van der Waals surface area contributed by atoms with Gasteiger partial charge in [-0.2, -0.15) is 0 Å². The number of halogens is 3. The standard InChI is InChI=1S/C10H9BrF2O/c1-6-4-9-7(5-8(6)11)10(12,13)2-3-14-9/h4-5H,2-3H2,1H3. The Balaban J connectivity index is 2.59. The summed E-state index contributed by atoms with van der Waals surface area (Å²) in [6, 6.07) is 3.09. The van der Waals surface area contributed by atoms with Gasteiger partial charge in [0.2, 0.25) is 0 Å². The molecule has 0 fully saturated rings. The van der Waals surface area contributed by atoms with Crippen LogP contribution >= 0.6 is 15.9 Å². The lowest BCUT2D eigenvalue weighted by atomic mass is 10.0. The second kappa shape index (κ2) is 3.19. The molecule has 0 bridgehead atoms. The van der Waals surface area contributed by atoms with E-state index in [0.29, 0.717) is 10.2 Å². The molecule has 2 rings (SSSR count). The Morgan fingerprint density at radius 1 is 1.43 bits per heavy atom. The fraction of sp³-hybridized carbons (Fsp3) is 0.400. The average molecular weight is 263 g/mol. The van der Waals surface area contributed by atoms with Gasteiger partial charge in [-0.15, -0.1) is 0 Å². The van der Waals surface area contributed by atoms with Gasteiger partial charge in [-0.05, 0) is 24.6 Å². The molecule has 4 heteroatoms. The van der Waals surface area contributed by atoms with E-state index in [1.807, 2.05) is 6.92 Å². The van der Waals surface area contributed by atoms with Crippen molar-refractivity contribution in [3.05, 3.63) is 27.7 Å². The molecule has 1 heterocycles. The maximum absolute atomic E-state index is 13.4. The summed E-state index contributed by atoms with van der Waals surface area (Å²) in [4.78, 5) is 0. The smallest absolute Gasteiger partial charge is 0.280 e. The van der Waals surface area contributed by atoms with Crippen molar-refractivity contribution in [1.29, 1.82) is 0 Å². The van der Waals surface area contributed by atoms with Crippen LogP contribution in [0.15, 0.2) is 16.6 Å². The molecule has 1 aliphatic rings. The average Bonchev–Trinajstić information content (AvgIpc) is 2.08. The molecule has 0 unspecified atom stereocenters. The summed E-state index contributed by atoms with van der Waals surface area (Å²) in [5, 5.41) is 0. The zero-order valence-electron chi connectivity index (χ0n) is 7.61. The van der Waals surface area contributed by atoms with E-state index in [4.69, 9.17) is 4.74 Å². The first kappa shape index (κ1) is 9.90. The number of rotatable bonds is 0. The number of benzene rings is 1. The molecule has 0 aromatic heterocycles. The minimum Gasteiger partial charge on any atom is -0.493 e. The topological polar surface area (TPSA) is 9.23 Å². The van der Waals surface area contributed by atoms with Crippen LogP contribution in [0.5, 0.6) is 5.75 Å². The molecular formula is C10H9BrF2O. The summed E-state index contributed by atoms with van der Waals surface area (Å²) in [7, 11) is 0. The van der Waals surface area contributed by atoms with Crippen LogP contribution < -0.4 is 4.74 Å². The molecule has 0 saturated carbocycles. The summed E-state index contributed by atoms with van der Waals surface area (Å²) in [5.74, 6) is -2.45. The number of ether oxygens (including phenoxy) is 1. The summed E-state index contributed by atoms with van der Waals surface area (Å²) in [6.45, 7) is 1.93. The van der Waals surface area contributed by atoms with Gasteiger partial charge in [0.25, 0.3) is 5.92 Å². The summed E-state index contributed by atoms with van der Waals surface area (Å²) in [5.41, 5.74) is 0.891. The van der Waals surface area contributed by atoms with E-state index in [0.717, 1.165) is 5.56 Å². The minimum atomic E-state index is -2.76. The predicted octanol–water partition coefficient (Wildman–Crippen LogP) is 3.63. The van der Waals surface area contributed by atoms with Crippen LogP contribution in [-0.2, 0) is 5.92 Å². The number of fused-ring (bicyclic) bond motifs is 1. The molecule has 76 valence electrons. The van der Waals surface area contributed by atoms with Crippen LogP contribution in [0.2, 0.25) is 0 Å². The van der Waals surface area contributed by atoms with Crippen LogP contribution in [0.4, 0.5) is 8.78 Å². The van der Waals surface area contributed by atoms with Gasteiger partial charge >= 0.3 is 0 Å². The van der Waals surface area contributed by atoms with Crippen molar-refractivity contribution in [2.24, 2.45) is 0 Å². The maximum atomic E-state index is 13.4. The van der Waals surface area contributed by atoms with Gasteiger partial charge in [-0.1, -0.05) is 15.9 Å². The van der Waals surface area contributed by atoms with E-state index in [-0.39, 0.29) is 18.6 Å². The summed E-state index contributed by atoms with van der Waals surface area (Å²) >= 11 is 3.24. The Hall–Kier alpha value is -0.640. The maximum Gasteiger partial charge on any atom is 0.280 e. The fourth-order valence-electron chi connectivity index (χ4n) is 1.48. The Morgan fingerprint density at radius 2 is 2.14 bits per heavy atom. The third kappa shape index (κ3) is 1.52. The molecule has 0 amide bonds. The van der Waals surface area contributed by atoms with Crippen molar-refractivity contribution in [3.63, 3.8) is 0 Å². The Kier molecular flexibility index (Phi) is 2.26. The highest BCUT2D eigenvalue weighted by Crippen LogP contribution is 2.43. The zero-order chi connectivity index (χ0) is 10.3. The van der Waals surface area contributed by atoms with Crippen LogP contribution in [0.3, 0.4) is 0 Å². The molecule has 1 aromatic carbocycles. The highest BCUT2D eigenvalue weighted by Gasteiger charge is 2.38. The molecule has 0 spiro atoms. The van der Waals surface area contributed by atoms with Crippen molar-refractivity contribution in [2.75, 3.05) is 6.61 Å². The molecule has 1 nitrogen and oxygen atoms in total. The van der Waals surface area contributed by atoms with E-state index in [1.165, 1.54) is 6.07 Å². The normalized spacial score (nSPS) is 18.6. The van der Waals surface area contributed by atoms with Gasteiger partial charge in [-0.3, -0.25) is 0 Å². The van der Waals surface area contributed by atoms with Crippen LogP contribution in [0, 0.1) is 6.92 Å². The Morgan fingerprint density at radius 3 is 2.86 bits per heavy atom. The van der Waals surface area contributed by atoms with E-state index in [1.54, 1.807) is 6.07 Å². The quantitative estimate of drug-likeness (QED) is 0.694. The van der Waals surface area contributed by atoms with Gasteiger partial charge in [0.1, 0.15) is 5.75 Å². The molecule has 0 atom stereocenters. The van der Waals surface area contributed by atoms with E-state index in [2.05, 4.69) is 15.9 Å². The van der Waals surface area contributed by atoms with Crippen LogP contribution in [0.25, 0.3) is 0 Å². The second-order valence-corrected chi connectivity index (χ2v) is 4.25. The van der Waals surface area contributed by atoms with Crippen molar-refractivity contribution in [2.45, 2.75) is 19.3 Å². The highest BCUT2D eigenvalue weighted by molar-refractivity contribution is 9.10. The monoisotopic (exact) mass is 262 g/mol. The van der Waals surface area contributed by atoms with Gasteiger partial charge < -0.3 is 4.74 Å². The van der Waals surface area contributed by atoms with Crippen LogP contribution in [-0.4, -0.2) is 6.61 Å². The molecular weight excluding hydrogens is 254 g/mol. The van der Waals surface area contributed by atoms with Crippen molar-refractivity contribution < 1.29 is 13.5 Å². The SMILES string of the molecule is Cc1cc2c(cc1Br)C(F)(F)CCO2. The molecule has 0 radical (unpaired) electrons. The molecule has 0 N–H and O–H groups in total. The highest BCUT2D eigenvalue weighted by atomic mass is 79.9. The third-order valence-corrected chi connectivity index (χ3v) is 3.18. The Labute approximate surface area is 89.2 Å². The number of hydrogen-bond donors (Lipinski definition) is 0. The molecule has 0 saturated heterocycles. The van der Waals surface area contributed by atoms with Gasteiger partial charge in [0, 0.05) is 4.47 Å². The number of alkyl halides is 2. The van der Waals surface area contributed by atoms with Gasteiger partial charge in [0.05, 0.1) is 18.6 Å². The molecule has 1 aromatic rings. The minimum absolute atomic E-state index is 0.0128. The lowest BCUT2D eigenvalue weighted by Crippen LogP contribution is -2.24. The van der Waals surface area contributed by atoms with E-state index in [9.17, 15) is 8.78 Å². The first-order chi connectivity index (χ1) is 6.50.